The van der Waals surface area contributed by atoms with Crippen LogP contribution in [-0.4, -0.2) is 29.7 Å². The second-order valence-corrected chi connectivity index (χ2v) is 7.82. The number of nitrogens with two attached hydrogens (primary N) is 3. The number of carbonyl (C=O) groups is 4. The second-order valence-electron chi connectivity index (χ2n) is 7.82. The zero-order chi connectivity index (χ0) is 19.9. The molecule has 148 valence electrons. The molecule has 0 bridgehead atoms. The van der Waals surface area contributed by atoms with Crippen LogP contribution < -0.4 is 22.5 Å². The van der Waals surface area contributed by atoms with E-state index < -0.39 is 36.0 Å². The highest BCUT2D eigenvalue weighted by Gasteiger charge is 2.34. The molecule has 0 radical (unpaired) electrons. The van der Waals surface area contributed by atoms with Crippen molar-refractivity contribution in [3.05, 3.63) is 0 Å². The minimum absolute atomic E-state index is 0.0525. The zero-order valence-electron chi connectivity index (χ0n) is 15.7. The van der Waals surface area contributed by atoms with Crippen LogP contribution in [0, 0.1) is 23.7 Å². The first kappa shape index (κ1) is 21.9. The van der Waals surface area contributed by atoms with Gasteiger partial charge < -0.3 is 22.5 Å². The molecule has 4 atom stereocenters. The van der Waals surface area contributed by atoms with E-state index in [9.17, 15) is 19.2 Å². The number of carbonyl (C=O) groups excluding carboxylic acids is 4. The third-order valence-corrected chi connectivity index (χ3v) is 5.00. The first-order chi connectivity index (χ1) is 12.1. The Labute approximate surface area is 154 Å². The minimum atomic E-state index is -1.17. The summed E-state index contributed by atoms with van der Waals surface area (Å²) in [4.78, 5) is 46.8. The van der Waals surface area contributed by atoms with Crippen LogP contribution in [0.5, 0.6) is 0 Å². The highest BCUT2D eigenvalue weighted by molar-refractivity contribution is 5.92. The second kappa shape index (κ2) is 10.1. The Morgan fingerprint density at radius 3 is 2.04 bits per heavy atom. The molecule has 8 nitrogen and oxygen atoms in total. The lowest BCUT2D eigenvalue weighted by Crippen LogP contribution is -2.44. The van der Waals surface area contributed by atoms with E-state index in [1.165, 1.54) is 0 Å². The maximum atomic E-state index is 12.4. The molecule has 4 unspecified atom stereocenters. The smallest absolute Gasteiger partial charge is 0.221 e. The predicted molar refractivity (Wildman–Crippen MR) is 97.1 cm³/mol. The lowest BCUT2D eigenvalue weighted by molar-refractivity contribution is -0.137. The molecule has 0 aromatic heterocycles. The van der Waals surface area contributed by atoms with Crippen molar-refractivity contribution < 1.29 is 19.2 Å². The molecule has 1 fully saturated rings. The summed E-state index contributed by atoms with van der Waals surface area (Å²) in [5.74, 6) is -3.97. The van der Waals surface area contributed by atoms with Gasteiger partial charge in [0.15, 0.2) is 0 Å². The van der Waals surface area contributed by atoms with Crippen molar-refractivity contribution in [2.24, 2.45) is 40.9 Å². The topological polar surface area (TPSA) is 158 Å². The van der Waals surface area contributed by atoms with E-state index in [1.807, 2.05) is 0 Å². The van der Waals surface area contributed by atoms with Gasteiger partial charge in [-0.2, -0.15) is 0 Å². The van der Waals surface area contributed by atoms with Crippen molar-refractivity contribution in [2.75, 3.05) is 0 Å². The van der Waals surface area contributed by atoms with Crippen molar-refractivity contribution in [3.8, 4) is 0 Å². The molecule has 26 heavy (non-hydrogen) atoms. The fourth-order valence-corrected chi connectivity index (χ4v) is 3.89. The number of hydrogen-bond donors (Lipinski definition) is 4. The predicted octanol–water partition coefficient (Wildman–Crippen LogP) is 0.176. The van der Waals surface area contributed by atoms with Crippen LogP contribution in [0.15, 0.2) is 0 Å². The molecule has 7 N–H and O–H groups in total. The third kappa shape index (κ3) is 7.41. The summed E-state index contributed by atoms with van der Waals surface area (Å²) in [5, 5.41) is 2.94. The van der Waals surface area contributed by atoms with Crippen molar-refractivity contribution in [1.29, 1.82) is 0 Å². The van der Waals surface area contributed by atoms with Crippen molar-refractivity contribution >= 4 is 23.6 Å². The van der Waals surface area contributed by atoms with E-state index in [1.54, 1.807) is 0 Å². The van der Waals surface area contributed by atoms with Crippen LogP contribution in [0.1, 0.15) is 58.8 Å². The molecule has 8 heteroatoms. The molecule has 0 saturated heterocycles. The van der Waals surface area contributed by atoms with Gasteiger partial charge in [0.25, 0.3) is 0 Å². The monoisotopic (exact) mass is 368 g/mol. The van der Waals surface area contributed by atoms with Crippen LogP contribution in [0.2, 0.25) is 0 Å². The van der Waals surface area contributed by atoms with E-state index in [-0.39, 0.29) is 18.4 Å². The van der Waals surface area contributed by atoms with Gasteiger partial charge in [0.05, 0.1) is 11.8 Å². The molecular weight excluding hydrogens is 336 g/mol. The number of primary amides is 3. The summed E-state index contributed by atoms with van der Waals surface area (Å²) in [6.07, 6.45) is 4.45. The highest BCUT2D eigenvalue weighted by atomic mass is 16.2. The molecule has 0 spiro atoms. The molecule has 0 aromatic rings. The maximum absolute atomic E-state index is 12.4. The summed E-state index contributed by atoms with van der Waals surface area (Å²) in [7, 11) is 0. The van der Waals surface area contributed by atoms with Gasteiger partial charge in [0, 0.05) is 18.9 Å². The Balaban J connectivity index is 2.68. The Morgan fingerprint density at radius 1 is 0.962 bits per heavy atom. The average Bonchev–Trinajstić information content (AvgIpc) is 2.49. The van der Waals surface area contributed by atoms with Gasteiger partial charge in [0.1, 0.15) is 0 Å². The first-order valence-electron chi connectivity index (χ1n) is 9.26. The molecule has 0 heterocycles. The van der Waals surface area contributed by atoms with Crippen molar-refractivity contribution in [2.45, 2.75) is 64.8 Å². The van der Waals surface area contributed by atoms with E-state index in [4.69, 9.17) is 17.2 Å². The van der Waals surface area contributed by atoms with E-state index in [0.29, 0.717) is 11.8 Å². The van der Waals surface area contributed by atoms with Crippen LogP contribution in [0.3, 0.4) is 0 Å². The molecule has 4 amide bonds. The van der Waals surface area contributed by atoms with Gasteiger partial charge in [0.2, 0.25) is 23.6 Å². The third-order valence-electron chi connectivity index (χ3n) is 5.00. The maximum Gasteiger partial charge on any atom is 0.221 e. The molecule has 1 aliphatic carbocycles. The summed E-state index contributed by atoms with van der Waals surface area (Å²) < 4.78 is 0. The van der Waals surface area contributed by atoms with E-state index in [0.717, 1.165) is 32.1 Å². The molecule has 0 aliphatic heterocycles. The largest absolute Gasteiger partial charge is 0.370 e. The Bertz CT molecular complexity index is 535. The minimum Gasteiger partial charge on any atom is -0.370 e. The fraction of sp³-hybridized carbons (Fsp3) is 0.778. The van der Waals surface area contributed by atoms with Crippen LogP contribution in [0.25, 0.3) is 0 Å². The van der Waals surface area contributed by atoms with E-state index >= 15 is 0 Å². The SMILES string of the molecule is CC(C)CC1CCCC(NC(=O)CC(C(N)=O)C(CC(N)=O)C(N)=O)C1. The lowest BCUT2D eigenvalue weighted by Gasteiger charge is -2.31. The number of amides is 4. The van der Waals surface area contributed by atoms with Gasteiger partial charge >= 0.3 is 0 Å². The quantitative estimate of drug-likeness (QED) is 0.433. The van der Waals surface area contributed by atoms with Gasteiger partial charge in [-0.15, -0.1) is 0 Å². The average molecular weight is 368 g/mol. The van der Waals surface area contributed by atoms with Gasteiger partial charge in [-0.3, -0.25) is 19.2 Å². The van der Waals surface area contributed by atoms with Gasteiger partial charge in [-0.1, -0.05) is 26.7 Å². The van der Waals surface area contributed by atoms with Crippen LogP contribution in [-0.2, 0) is 19.2 Å². The fourth-order valence-electron chi connectivity index (χ4n) is 3.89. The molecule has 1 aliphatic rings. The molecule has 1 rings (SSSR count). The van der Waals surface area contributed by atoms with Crippen molar-refractivity contribution in [3.63, 3.8) is 0 Å². The van der Waals surface area contributed by atoms with E-state index in [2.05, 4.69) is 19.2 Å². The number of nitrogens with one attached hydrogen (secondary N) is 1. The number of hydrogen-bond acceptors (Lipinski definition) is 4. The summed E-state index contributed by atoms with van der Waals surface area (Å²) >= 11 is 0. The van der Waals surface area contributed by atoms with Gasteiger partial charge in [-0.25, -0.2) is 0 Å². The zero-order valence-corrected chi connectivity index (χ0v) is 15.7. The molecule has 0 aromatic carbocycles. The Hall–Kier alpha value is -2.12. The van der Waals surface area contributed by atoms with Crippen molar-refractivity contribution in [1.82, 2.24) is 5.32 Å². The normalized spacial score (nSPS) is 22.4. The summed E-state index contributed by atoms with van der Waals surface area (Å²) in [6, 6.07) is 0.0525. The molecular formula is C18H32N4O4. The van der Waals surface area contributed by atoms with Crippen LogP contribution >= 0.6 is 0 Å². The lowest BCUT2D eigenvalue weighted by atomic mass is 9.80. The highest BCUT2D eigenvalue weighted by Crippen LogP contribution is 2.29. The Kier molecular flexibility index (Phi) is 8.54. The standard InChI is InChI=1S/C18H32N4O4/c1-10(2)6-11-4-3-5-12(7-11)22-16(24)9-14(18(21)26)13(17(20)25)8-15(19)23/h10-14H,3-9H2,1-2H3,(H2,19,23)(H2,20,25)(H2,21,26)(H,22,24). The van der Waals surface area contributed by atoms with Crippen LogP contribution in [0.4, 0.5) is 0 Å². The molecule has 1 saturated carbocycles. The van der Waals surface area contributed by atoms with Gasteiger partial charge in [-0.05, 0) is 31.1 Å². The summed E-state index contributed by atoms with van der Waals surface area (Å²) in [5.41, 5.74) is 15.7. The summed E-state index contributed by atoms with van der Waals surface area (Å²) in [6.45, 7) is 4.37. The number of rotatable bonds is 10. The first-order valence-corrected chi connectivity index (χ1v) is 9.26. The Morgan fingerprint density at radius 2 is 1.54 bits per heavy atom.